The fourth-order valence-corrected chi connectivity index (χ4v) is 3.18. The van der Waals surface area contributed by atoms with Crippen LogP contribution in [0, 0.1) is 0 Å². The molecule has 0 atom stereocenters. The van der Waals surface area contributed by atoms with Gasteiger partial charge in [-0.25, -0.2) is 0 Å². The van der Waals surface area contributed by atoms with Crippen molar-refractivity contribution in [3.8, 4) is 5.75 Å². The summed E-state index contributed by atoms with van der Waals surface area (Å²) in [5, 5.41) is 9.34. The Hall–Kier alpha value is -1.39. The molecule has 0 spiro atoms. The van der Waals surface area contributed by atoms with Crippen LogP contribution in [0.5, 0.6) is 5.75 Å². The molecule has 1 aliphatic carbocycles. The lowest BCUT2D eigenvalue weighted by atomic mass is 9.93. The molecule has 0 aromatic heterocycles. The number of hydrogen-bond acceptors (Lipinski definition) is 4. The maximum Gasteiger partial charge on any atom is 0.150 e. The fourth-order valence-electron chi connectivity index (χ4n) is 3.18. The number of aldehydes is 1. The average molecular weight is 291 g/mol. The normalized spacial score (nSPS) is 16.1. The number of aliphatic hydroxyl groups excluding tert-OH is 1. The first-order chi connectivity index (χ1) is 10.3. The van der Waals surface area contributed by atoms with Gasteiger partial charge in [-0.2, -0.15) is 0 Å². The minimum atomic E-state index is 0.159. The van der Waals surface area contributed by atoms with E-state index < -0.39 is 0 Å². The molecule has 0 bridgehead atoms. The Morgan fingerprint density at radius 1 is 1.33 bits per heavy atom. The molecular weight excluding hydrogens is 266 g/mol. The van der Waals surface area contributed by atoms with Gasteiger partial charge in [-0.15, -0.1) is 0 Å². The summed E-state index contributed by atoms with van der Waals surface area (Å²) < 4.78 is 5.41. The zero-order valence-corrected chi connectivity index (χ0v) is 12.8. The molecule has 4 heteroatoms. The Balaban J connectivity index is 2.16. The molecule has 0 saturated heterocycles. The highest BCUT2D eigenvalue weighted by Gasteiger charge is 2.22. The van der Waals surface area contributed by atoms with Crippen LogP contribution in [-0.4, -0.2) is 42.6 Å². The molecule has 1 aromatic carbocycles. The van der Waals surface area contributed by atoms with Gasteiger partial charge < -0.3 is 9.84 Å². The summed E-state index contributed by atoms with van der Waals surface area (Å²) in [6.45, 7) is 1.54. The maximum atomic E-state index is 11.0. The van der Waals surface area contributed by atoms with Gasteiger partial charge in [0.05, 0.1) is 13.7 Å². The van der Waals surface area contributed by atoms with E-state index in [9.17, 15) is 9.90 Å². The Morgan fingerprint density at radius 2 is 2.10 bits per heavy atom. The smallest absolute Gasteiger partial charge is 0.150 e. The topological polar surface area (TPSA) is 49.8 Å². The quantitative estimate of drug-likeness (QED) is 0.785. The summed E-state index contributed by atoms with van der Waals surface area (Å²) in [5.74, 6) is 0.805. The monoisotopic (exact) mass is 291 g/mol. The minimum absolute atomic E-state index is 0.159. The van der Waals surface area contributed by atoms with E-state index in [1.807, 2.05) is 12.1 Å². The lowest BCUT2D eigenvalue weighted by molar-refractivity contribution is 0.111. The van der Waals surface area contributed by atoms with Crippen molar-refractivity contribution < 1.29 is 14.6 Å². The van der Waals surface area contributed by atoms with E-state index >= 15 is 0 Å². The van der Waals surface area contributed by atoms with Crippen LogP contribution < -0.4 is 4.74 Å². The van der Waals surface area contributed by atoms with E-state index in [0.29, 0.717) is 18.2 Å². The molecule has 21 heavy (non-hydrogen) atoms. The summed E-state index contributed by atoms with van der Waals surface area (Å²) in [4.78, 5) is 13.3. The first kappa shape index (κ1) is 16.0. The highest BCUT2D eigenvalue weighted by atomic mass is 16.5. The van der Waals surface area contributed by atoms with Gasteiger partial charge in [-0.05, 0) is 31.0 Å². The van der Waals surface area contributed by atoms with Gasteiger partial charge in [0, 0.05) is 30.3 Å². The van der Waals surface area contributed by atoms with E-state index in [1.165, 1.54) is 32.1 Å². The van der Waals surface area contributed by atoms with E-state index in [1.54, 1.807) is 13.2 Å². The zero-order chi connectivity index (χ0) is 15.1. The number of nitrogens with zero attached hydrogens (tertiary/aromatic N) is 1. The molecule has 1 saturated carbocycles. The molecule has 1 fully saturated rings. The van der Waals surface area contributed by atoms with Crippen LogP contribution >= 0.6 is 0 Å². The predicted octanol–water partition coefficient (Wildman–Crippen LogP) is 2.63. The minimum Gasteiger partial charge on any atom is -0.496 e. The third-order valence-corrected chi connectivity index (χ3v) is 4.29. The molecular formula is C17H25NO3. The van der Waals surface area contributed by atoms with Crippen molar-refractivity contribution in [3.63, 3.8) is 0 Å². The fraction of sp³-hybridized carbons (Fsp3) is 0.588. The van der Waals surface area contributed by atoms with E-state index in [2.05, 4.69) is 4.90 Å². The van der Waals surface area contributed by atoms with Crippen molar-refractivity contribution in [3.05, 3.63) is 29.3 Å². The average Bonchev–Trinajstić information content (AvgIpc) is 2.55. The Labute approximate surface area is 126 Å². The van der Waals surface area contributed by atoms with Gasteiger partial charge in [0.1, 0.15) is 12.0 Å². The van der Waals surface area contributed by atoms with Gasteiger partial charge in [0.25, 0.3) is 0 Å². The molecule has 2 rings (SSSR count). The van der Waals surface area contributed by atoms with E-state index in [0.717, 1.165) is 24.1 Å². The number of hydrogen-bond donors (Lipinski definition) is 1. The number of benzene rings is 1. The largest absolute Gasteiger partial charge is 0.496 e. The van der Waals surface area contributed by atoms with Crippen molar-refractivity contribution in [1.82, 2.24) is 4.90 Å². The van der Waals surface area contributed by atoms with Crippen LogP contribution in [0.15, 0.2) is 18.2 Å². The summed E-state index contributed by atoms with van der Waals surface area (Å²) in [6, 6.07) is 6.03. The summed E-state index contributed by atoms with van der Waals surface area (Å²) >= 11 is 0. The van der Waals surface area contributed by atoms with Gasteiger partial charge in [-0.1, -0.05) is 19.3 Å². The number of ether oxygens (including phenoxy) is 1. The maximum absolute atomic E-state index is 11.0. The predicted molar refractivity (Wildman–Crippen MR) is 82.8 cm³/mol. The number of rotatable bonds is 7. The van der Waals surface area contributed by atoms with Crippen LogP contribution in [0.1, 0.15) is 48.0 Å². The van der Waals surface area contributed by atoms with Crippen LogP contribution in [0.2, 0.25) is 0 Å². The van der Waals surface area contributed by atoms with Gasteiger partial charge in [0.2, 0.25) is 0 Å². The molecule has 0 heterocycles. The van der Waals surface area contributed by atoms with Crippen molar-refractivity contribution in [1.29, 1.82) is 0 Å². The van der Waals surface area contributed by atoms with Gasteiger partial charge in [0.15, 0.2) is 0 Å². The lowest BCUT2D eigenvalue weighted by Gasteiger charge is -2.34. The second-order valence-electron chi connectivity index (χ2n) is 5.68. The standard InChI is InChI=1S/C17H25NO3/c1-21-17-8-7-14(13-20)11-15(17)12-18(9-10-19)16-5-3-2-4-6-16/h7-8,11,13,16,19H,2-6,9-10,12H2,1H3. The summed E-state index contributed by atoms with van der Waals surface area (Å²) in [6.07, 6.45) is 7.08. The Kier molecular flexibility index (Phi) is 6.21. The number of methoxy groups -OCH3 is 1. The van der Waals surface area contributed by atoms with E-state index in [-0.39, 0.29) is 6.61 Å². The third kappa shape index (κ3) is 4.29. The highest BCUT2D eigenvalue weighted by molar-refractivity contribution is 5.75. The molecule has 1 N–H and O–H groups in total. The van der Waals surface area contributed by atoms with Crippen LogP contribution in [0.3, 0.4) is 0 Å². The zero-order valence-electron chi connectivity index (χ0n) is 12.8. The molecule has 1 aliphatic rings. The first-order valence-electron chi connectivity index (χ1n) is 7.75. The molecule has 0 amide bonds. The Morgan fingerprint density at radius 3 is 2.71 bits per heavy atom. The summed E-state index contributed by atoms with van der Waals surface area (Å²) in [5.41, 5.74) is 1.68. The number of aliphatic hydroxyl groups is 1. The number of carbonyl (C=O) groups excluding carboxylic acids is 1. The van der Waals surface area contributed by atoms with Crippen molar-refractivity contribution in [2.75, 3.05) is 20.3 Å². The highest BCUT2D eigenvalue weighted by Crippen LogP contribution is 2.27. The van der Waals surface area contributed by atoms with Crippen molar-refractivity contribution in [2.24, 2.45) is 0 Å². The van der Waals surface area contributed by atoms with Crippen molar-refractivity contribution in [2.45, 2.75) is 44.7 Å². The molecule has 4 nitrogen and oxygen atoms in total. The van der Waals surface area contributed by atoms with Gasteiger partial charge in [-0.3, -0.25) is 9.69 Å². The molecule has 0 radical (unpaired) electrons. The lowest BCUT2D eigenvalue weighted by Crippen LogP contribution is -2.38. The molecule has 0 aliphatic heterocycles. The second kappa shape index (κ2) is 8.15. The van der Waals surface area contributed by atoms with Crippen LogP contribution in [0.25, 0.3) is 0 Å². The molecule has 0 unspecified atom stereocenters. The Bertz CT molecular complexity index is 455. The third-order valence-electron chi connectivity index (χ3n) is 4.29. The molecule has 1 aromatic rings. The van der Waals surface area contributed by atoms with Crippen LogP contribution in [-0.2, 0) is 6.54 Å². The SMILES string of the molecule is COc1ccc(C=O)cc1CN(CCO)C1CCCCC1. The van der Waals surface area contributed by atoms with Crippen LogP contribution in [0.4, 0.5) is 0 Å². The summed E-state index contributed by atoms with van der Waals surface area (Å²) in [7, 11) is 1.65. The molecule has 116 valence electrons. The first-order valence-corrected chi connectivity index (χ1v) is 7.75. The number of carbonyl (C=O) groups is 1. The van der Waals surface area contributed by atoms with Crippen molar-refractivity contribution >= 4 is 6.29 Å². The second-order valence-corrected chi connectivity index (χ2v) is 5.68. The van der Waals surface area contributed by atoms with E-state index in [4.69, 9.17) is 4.74 Å². The van der Waals surface area contributed by atoms with Gasteiger partial charge >= 0.3 is 0 Å².